The maximum Gasteiger partial charge on any atom is 0.0780 e. The fraction of sp³-hybridized carbons (Fsp3) is 0.0667. The zero-order valence-electron chi connectivity index (χ0n) is 8.70. The van der Waals surface area contributed by atoms with Gasteiger partial charge >= 0.3 is 0 Å². The SMILES string of the molecule is [c]1cccc2c1C=C1c3ccccc3NC12. The molecule has 1 heteroatoms. The van der Waals surface area contributed by atoms with Crippen LogP contribution in [0.5, 0.6) is 0 Å². The second-order valence-corrected chi connectivity index (χ2v) is 4.26. The van der Waals surface area contributed by atoms with E-state index in [2.05, 4.69) is 53.9 Å². The standard InChI is InChI=1S/C15H10N/c1-2-6-11-10(5-1)9-13-12-7-3-4-8-14(12)16-15(11)13/h1-4,6-9,15-16H. The molecule has 1 nitrogen and oxygen atoms in total. The zero-order valence-corrected chi connectivity index (χ0v) is 8.70. The first-order valence-corrected chi connectivity index (χ1v) is 5.51. The quantitative estimate of drug-likeness (QED) is 0.692. The Balaban J connectivity index is 1.96. The average molecular weight is 204 g/mol. The van der Waals surface area contributed by atoms with E-state index in [4.69, 9.17) is 0 Å². The van der Waals surface area contributed by atoms with Crippen molar-refractivity contribution >= 4 is 17.3 Å². The Bertz CT molecular complexity index is 610. The summed E-state index contributed by atoms with van der Waals surface area (Å²) < 4.78 is 0. The lowest BCUT2D eigenvalue weighted by molar-refractivity contribution is 1.06. The van der Waals surface area contributed by atoms with Crippen LogP contribution >= 0.6 is 0 Å². The summed E-state index contributed by atoms with van der Waals surface area (Å²) >= 11 is 0. The lowest BCUT2D eigenvalue weighted by Gasteiger charge is -2.09. The third-order valence-corrected chi connectivity index (χ3v) is 3.38. The fourth-order valence-corrected chi connectivity index (χ4v) is 2.65. The Labute approximate surface area is 94.4 Å². The van der Waals surface area contributed by atoms with Crippen molar-refractivity contribution in [3.63, 3.8) is 0 Å². The van der Waals surface area contributed by atoms with Crippen molar-refractivity contribution in [2.24, 2.45) is 0 Å². The van der Waals surface area contributed by atoms with Gasteiger partial charge in [-0.3, -0.25) is 0 Å². The van der Waals surface area contributed by atoms with Crippen molar-refractivity contribution in [2.75, 3.05) is 5.32 Å². The van der Waals surface area contributed by atoms with Crippen LogP contribution in [0.25, 0.3) is 11.6 Å². The molecule has 0 aromatic heterocycles. The second-order valence-electron chi connectivity index (χ2n) is 4.26. The minimum Gasteiger partial charge on any atom is -0.374 e. The molecule has 1 aliphatic carbocycles. The van der Waals surface area contributed by atoms with E-state index in [-0.39, 0.29) is 0 Å². The van der Waals surface area contributed by atoms with Crippen molar-refractivity contribution < 1.29 is 0 Å². The number of rotatable bonds is 0. The molecule has 2 aromatic carbocycles. The van der Waals surface area contributed by atoms with Gasteiger partial charge in [-0.25, -0.2) is 0 Å². The van der Waals surface area contributed by atoms with Crippen molar-refractivity contribution in [2.45, 2.75) is 6.04 Å². The Morgan fingerprint density at radius 2 is 2.00 bits per heavy atom. The molecule has 0 spiro atoms. The Hall–Kier alpha value is -2.02. The second kappa shape index (κ2) is 2.76. The van der Waals surface area contributed by atoms with E-state index in [1.165, 1.54) is 28.0 Å². The summed E-state index contributed by atoms with van der Waals surface area (Å²) in [4.78, 5) is 0. The van der Waals surface area contributed by atoms with E-state index < -0.39 is 0 Å². The molecule has 1 unspecified atom stereocenters. The van der Waals surface area contributed by atoms with Crippen molar-refractivity contribution in [3.05, 3.63) is 65.2 Å². The molecule has 2 aromatic rings. The van der Waals surface area contributed by atoms with Gasteiger partial charge < -0.3 is 5.32 Å². The minimum atomic E-state index is 0.338. The summed E-state index contributed by atoms with van der Waals surface area (Å²) in [5, 5.41) is 3.56. The van der Waals surface area contributed by atoms with Gasteiger partial charge in [0, 0.05) is 11.3 Å². The van der Waals surface area contributed by atoms with E-state index >= 15 is 0 Å². The highest BCUT2D eigenvalue weighted by molar-refractivity contribution is 5.99. The largest absolute Gasteiger partial charge is 0.374 e. The maximum absolute atomic E-state index is 3.56. The van der Waals surface area contributed by atoms with Crippen LogP contribution in [0.3, 0.4) is 0 Å². The van der Waals surface area contributed by atoms with Crippen LogP contribution in [0.4, 0.5) is 5.69 Å². The highest BCUT2D eigenvalue weighted by Gasteiger charge is 2.32. The van der Waals surface area contributed by atoms with Crippen LogP contribution in [0.1, 0.15) is 22.7 Å². The predicted octanol–water partition coefficient (Wildman–Crippen LogP) is 3.51. The number of benzene rings is 2. The summed E-state index contributed by atoms with van der Waals surface area (Å²) in [6, 6.07) is 18.3. The maximum atomic E-state index is 3.56. The van der Waals surface area contributed by atoms with Gasteiger partial charge in [-0.2, -0.15) is 0 Å². The van der Waals surface area contributed by atoms with Crippen LogP contribution < -0.4 is 5.32 Å². The Morgan fingerprint density at radius 1 is 1.06 bits per heavy atom. The average Bonchev–Trinajstić information content (AvgIpc) is 2.85. The molecule has 1 aliphatic heterocycles. The number of anilines is 1. The number of nitrogens with one attached hydrogen (secondary N) is 1. The lowest BCUT2D eigenvalue weighted by atomic mass is 10.0. The van der Waals surface area contributed by atoms with Crippen LogP contribution in [-0.4, -0.2) is 0 Å². The highest BCUT2D eigenvalue weighted by atomic mass is 15.0. The molecule has 0 fully saturated rings. The Morgan fingerprint density at radius 3 is 3.00 bits per heavy atom. The third kappa shape index (κ3) is 0.904. The third-order valence-electron chi connectivity index (χ3n) is 3.38. The summed E-state index contributed by atoms with van der Waals surface area (Å²) in [5.41, 5.74) is 6.52. The monoisotopic (exact) mass is 204 g/mol. The van der Waals surface area contributed by atoms with Gasteiger partial charge in [-0.05, 0) is 34.9 Å². The Kier molecular flexibility index (Phi) is 1.41. The van der Waals surface area contributed by atoms with Gasteiger partial charge in [-0.15, -0.1) is 0 Å². The lowest BCUT2D eigenvalue weighted by Crippen LogP contribution is -2.02. The van der Waals surface area contributed by atoms with Gasteiger partial charge in [0.1, 0.15) is 0 Å². The van der Waals surface area contributed by atoms with Crippen molar-refractivity contribution in [1.82, 2.24) is 0 Å². The number of fused-ring (bicyclic) bond motifs is 5. The normalized spacial score (nSPS) is 19.5. The molecule has 1 atom stereocenters. The molecule has 1 radical (unpaired) electrons. The van der Waals surface area contributed by atoms with Gasteiger partial charge in [0.05, 0.1) is 6.04 Å². The minimum absolute atomic E-state index is 0.338. The molecule has 4 rings (SSSR count). The van der Waals surface area contributed by atoms with Crippen molar-refractivity contribution in [3.8, 4) is 0 Å². The molecule has 0 saturated heterocycles. The summed E-state index contributed by atoms with van der Waals surface area (Å²) in [6.07, 6.45) is 2.25. The topological polar surface area (TPSA) is 12.0 Å². The van der Waals surface area contributed by atoms with Crippen molar-refractivity contribution in [1.29, 1.82) is 0 Å². The van der Waals surface area contributed by atoms with Gasteiger partial charge in [0.15, 0.2) is 0 Å². The first-order chi connectivity index (χ1) is 7.93. The summed E-state index contributed by atoms with van der Waals surface area (Å²) in [5.74, 6) is 0. The molecule has 2 aliphatic rings. The summed E-state index contributed by atoms with van der Waals surface area (Å²) in [6.45, 7) is 0. The van der Waals surface area contributed by atoms with Gasteiger partial charge in [-0.1, -0.05) is 36.4 Å². The van der Waals surface area contributed by atoms with E-state index in [0.717, 1.165) is 0 Å². The number of para-hydroxylation sites is 1. The van der Waals surface area contributed by atoms with Crippen LogP contribution in [0.15, 0.2) is 42.5 Å². The molecule has 0 bridgehead atoms. The van der Waals surface area contributed by atoms with Crippen LogP contribution in [-0.2, 0) is 0 Å². The molecule has 16 heavy (non-hydrogen) atoms. The molecular weight excluding hydrogens is 194 g/mol. The smallest absolute Gasteiger partial charge is 0.0780 e. The first kappa shape index (κ1) is 8.17. The first-order valence-electron chi connectivity index (χ1n) is 5.51. The molecule has 0 saturated carbocycles. The fourth-order valence-electron chi connectivity index (χ4n) is 2.65. The highest BCUT2D eigenvalue weighted by Crippen LogP contribution is 2.49. The van der Waals surface area contributed by atoms with Crippen LogP contribution in [0, 0.1) is 6.07 Å². The molecular formula is C15H10N. The van der Waals surface area contributed by atoms with E-state index in [1.807, 2.05) is 6.07 Å². The summed E-state index contributed by atoms with van der Waals surface area (Å²) in [7, 11) is 0. The molecule has 0 amide bonds. The molecule has 1 heterocycles. The molecule has 1 N–H and O–H groups in total. The van der Waals surface area contributed by atoms with E-state index in [9.17, 15) is 0 Å². The zero-order chi connectivity index (χ0) is 10.5. The molecule has 75 valence electrons. The number of hydrogen-bond acceptors (Lipinski definition) is 1. The van der Waals surface area contributed by atoms with E-state index in [0.29, 0.717) is 6.04 Å². The predicted molar refractivity (Wildman–Crippen MR) is 66.0 cm³/mol. The van der Waals surface area contributed by atoms with Crippen LogP contribution in [0.2, 0.25) is 0 Å². The van der Waals surface area contributed by atoms with Gasteiger partial charge in [0.25, 0.3) is 0 Å². The number of hydrogen-bond donors (Lipinski definition) is 1. The van der Waals surface area contributed by atoms with E-state index in [1.54, 1.807) is 0 Å². The van der Waals surface area contributed by atoms with Gasteiger partial charge in [0.2, 0.25) is 0 Å².